The van der Waals surface area contributed by atoms with Gasteiger partial charge in [-0.25, -0.2) is 17.9 Å². The van der Waals surface area contributed by atoms with Gasteiger partial charge in [-0.3, -0.25) is 14.3 Å². The van der Waals surface area contributed by atoms with Gasteiger partial charge in [0.15, 0.2) is 0 Å². The molecule has 1 heterocycles. The fourth-order valence-electron chi connectivity index (χ4n) is 1.88. The molecule has 9 heteroatoms. The Bertz CT molecular complexity index is 770. The Balaban J connectivity index is 2.16. The lowest BCUT2D eigenvalue weighted by atomic mass is 10.3. The number of aromatic nitrogens is 2. The molecule has 0 aliphatic rings. The molecule has 2 aromatic rings. The molecule has 0 fully saturated rings. The summed E-state index contributed by atoms with van der Waals surface area (Å²) in [4.78, 5) is 23.5. The lowest BCUT2D eigenvalue weighted by Crippen LogP contribution is -2.29. The second-order valence-corrected chi connectivity index (χ2v) is 4.87. The molecule has 5 nitrogen and oxygen atoms in total. The maximum absolute atomic E-state index is 13.0. The summed E-state index contributed by atoms with van der Waals surface area (Å²) in [6.45, 7) is -0.461. The third kappa shape index (κ3) is 3.33. The molecule has 0 unspecified atom stereocenters. The lowest BCUT2D eigenvalue weighted by molar-refractivity contribution is -0.117. The molecule has 1 amide bonds. The van der Waals surface area contributed by atoms with Crippen LogP contribution in [0.2, 0.25) is 5.02 Å². The first-order valence-electron chi connectivity index (χ1n) is 6.09. The number of nitrogens with one attached hydrogen (secondary N) is 1. The summed E-state index contributed by atoms with van der Waals surface area (Å²) in [5.74, 6) is -1.27. The van der Waals surface area contributed by atoms with E-state index in [4.69, 9.17) is 11.6 Å². The zero-order valence-electron chi connectivity index (χ0n) is 11.3. The molecule has 0 aliphatic carbocycles. The van der Waals surface area contributed by atoms with Crippen LogP contribution in [0.3, 0.4) is 0 Å². The smallest absolute Gasteiger partial charge is 0.280 e. The van der Waals surface area contributed by atoms with Gasteiger partial charge in [-0.1, -0.05) is 11.6 Å². The van der Waals surface area contributed by atoms with Gasteiger partial charge in [0.05, 0.1) is 5.02 Å². The Morgan fingerprint density at radius 3 is 2.59 bits per heavy atom. The van der Waals surface area contributed by atoms with E-state index >= 15 is 0 Å². The van der Waals surface area contributed by atoms with Crippen molar-refractivity contribution < 1.29 is 18.0 Å². The number of rotatable bonds is 4. The highest BCUT2D eigenvalue weighted by Gasteiger charge is 2.18. The number of carbonyl (C=O) groups excluding carboxylic acids is 1. The van der Waals surface area contributed by atoms with Gasteiger partial charge in [0, 0.05) is 18.8 Å². The number of alkyl halides is 2. The van der Waals surface area contributed by atoms with Crippen LogP contribution in [-0.2, 0) is 18.4 Å². The summed E-state index contributed by atoms with van der Waals surface area (Å²) in [7, 11) is 1.25. The van der Waals surface area contributed by atoms with Gasteiger partial charge in [-0.05, 0) is 18.2 Å². The minimum absolute atomic E-state index is 0.172. The first-order chi connectivity index (χ1) is 10.3. The first kappa shape index (κ1) is 16.2. The van der Waals surface area contributed by atoms with Crippen molar-refractivity contribution in [1.82, 2.24) is 9.36 Å². The zero-order chi connectivity index (χ0) is 16.4. The maximum atomic E-state index is 13.0. The van der Waals surface area contributed by atoms with E-state index in [2.05, 4.69) is 5.32 Å². The van der Waals surface area contributed by atoms with E-state index in [1.165, 1.54) is 19.2 Å². The SMILES string of the molecule is Cn1c(C(F)F)cc(=O)n1CC(=O)Nc1ccc(F)c(Cl)c1. The van der Waals surface area contributed by atoms with Crippen molar-refractivity contribution in [2.24, 2.45) is 7.05 Å². The lowest BCUT2D eigenvalue weighted by Gasteiger charge is -2.10. The molecular formula is C13H11ClF3N3O2. The fraction of sp³-hybridized carbons (Fsp3) is 0.231. The van der Waals surface area contributed by atoms with Crippen molar-refractivity contribution in [1.29, 1.82) is 0 Å². The minimum atomic E-state index is -2.82. The number of hydrogen-bond acceptors (Lipinski definition) is 2. The number of hydrogen-bond donors (Lipinski definition) is 1. The molecule has 0 radical (unpaired) electrons. The maximum Gasteiger partial charge on any atom is 0.280 e. The fourth-order valence-corrected chi connectivity index (χ4v) is 2.06. The molecule has 0 atom stereocenters. The summed E-state index contributed by atoms with van der Waals surface area (Å²) in [5.41, 5.74) is -0.972. The predicted octanol–water partition coefficient (Wildman–Crippen LogP) is 2.56. The van der Waals surface area contributed by atoms with E-state index in [1.54, 1.807) is 0 Å². The number of nitrogens with zero attached hydrogens (tertiary/aromatic N) is 2. The van der Waals surface area contributed by atoms with Crippen LogP contribution in [-0.4, -0.2) is 15.3 Å². The summed E-state index contributed by atoms with van der Waals surface area (Å²) in [6.07, 6.45) is -2.82. The van der Waals surface area contributed by atoms with Gasteiger partial charge in [0.1, 0.15) is 18.1 Å². The highest BCUT2D eigenvalue weighted by molar-refractivity contribution is 6.31. The van der Waals surface area contributed by atoms with Gasteiger partial charge >= 0.3 is 0 Å². The average Bonchev–Trinajstić information content (AvgIpc) is 2.71. The van der Waals surface area contributed by atoms with Crippen LogP contribution in [0.4, 0.5) is 18.9 Å². The molecule has 2 rings (SSSR count). The molecule has 0 saturated carbocycles. The second kappa shape index (κ2) is 6.27. The molecule has 1 aromatic carbocycles. The molecule has 0 spiro atoms. The molecule has 0 saturated heterocycles. The molecule has 118 valence electrons. The van der Waals surface area contributed by atoms with Crippen molar-refractivity contribution in [3.8, 4) is 0 Å². The Labute approximate surface area is 127 Å². The molecule has 0 aliphatic heterocycles. The van der Waals surface area contributed by atoms with E-state index in [-0.39, 0.29) is 10.7 Å². The van der Waals surface area contributed by atoms with Crippen molar-refractivity contribution in [3.05, 3.63) is 51.2 Å². The molecule has 22 heavy (non-hydrogen) atoms. The highest BCUT2D eigenvalue weighted by atomic mass is 35.5. The Hall–Kier alpha value is -2.22. The first-order valence-corrected chi connectivity index (χ1v) is 6.47. The highest BCUT2D eigenvalue weighted by Crippen LogP contribution is 2.19. The van der Waals surface area contributed by atoms with Crippen molar-refractivity contribution in [2.45, 2.75) is 13.0 Å². The topological polar surface area (TPSA) is 56.0 Å². The van der Waals surface area contributed by atoms with Gasteiger partial charge in [-0.15, -0.1) is 0 Å². The molecule has 0 bridgehead atoms. The molecular weight excluding hydrogens is 323 g/mol. The van der Waals surface area contributed by atoms with Crippen LogP contribution < -0.4 is 10.9 Å². The van der Waals surface area contributed by atoms with E-state index in [9.17, 15) is 22.8 Å². The third-order valence-corrected chi connectivity index (χ3v) is 3.27. The van der Waals surface area contributed by atoms with Crippen molar-refractivity contribution in [2.75, 3.05) is 5.32 Å². The predicted molar refractivity (Wildman–Crippen MR) is 74.7 cm³/mol. The Morgan fingerprint density at radius 2 is 2.05 bits per heavy atom. The quantitative estimate of drug-likeness (QED) is 0.935. The van der Waals surface area contributed by atoms with Crippen LogP contribution in [0.5, 0.6) is 0 Å². The second-order valence-electron chi connectivity index (χ2n) is 4.47. The number of anilines is 1. The zero-order valence-corrected chi connectivity index (χ0v) is 12.1. The number of halogens is 4. The van der Waals surface area contributed by atoms with E-state index in [1.807, 2.05) is 0 Å². The van der Waals surface area contributed by atoms with Gasteiger partial charge in [-0.2, -0.15) is 0 Å². The van der Waals surface area contributed by atoms with Crippen LogP contribution in [0.25, 0.3) is 0 Å². The van der Waals surface area contributed by atoms with E-state index in [0.29, 0.717) is 0 Å². The summed E-state index contributed by atoms with van der Waals surface area (Å²) in [5, 5.41) is 2.23. The standard InChI is InChI=1S/C13H11ClF3N3O2/c1-19-10(13(16)17)5-12(22)20(19)6-11(21)18-7-2-3-9(15)8(14)4-7/h2-5,13H,6H2,1H3,(H,18,21). The normalized spacial score (nSPS) is 11.0. The van der Waals surface area contributed by atoms with E-state index < -0.39 is 35.9 Å². The molecule has 1 N–H and O–H groups in total. The Kier molecular flexibility index (Phi) is 4.60. The van der Waals surface area contributed by atoms with Crippen LogP contribution in [0, 0.1) is 5.82 Å². The monoisotopic (exact) mass is 333 g/mol. The number of benzene rings is 1. The summed E-state index contributed by atoms with van der Waals surface area (Å²) >= 11 is 5.58. The van der Waals surface area contributed by atoms with Gasteiger partial charge in [0.25, 0.3) is 12.0 Å². The number of carbonyl (C=O) groups is 1. The van der Waals surface area contributed by atoms with Crippen molar-refractivity contribution >= 4 is 23.2 Å². The van der Waals surface area contributed by atoms with Gasteiger partial charge < -0.3 is 5.32 Å². The minimum Gasteiger partial charge on any atom is -0.324 e. The van der Waals surface area contributed by atoms with Crippen LogP contribution in [0.1, 0.15) is 12.1 Å². The van der Waals surface area contributed by atoms with Crippen molar-refractivity contribution in [3.63, 3.8) is 0 Å². The van der Waals surface area contributed by atoms with Gasteiger partial charge in [0.2, 0.25) is 5.91 Å². The number of amides is 1. The third-order valence-electron chi connectivity index (χ3n) is 2.98. The van der Waals surface area contributed by atoms with Crippen LogP contribution in [0.15, 0.2) is 29.1 Å². The largest absolute Gasteiger partial charge is 0.324 e. The average molecular weight is 334 g/mol. The summed E-state index contributed by atoms with van der Waals surface area (Å²) in [6, 6.07) is 4.33. The molecule has 1 aromatic heterocycles. The Morgan fingerprint density at radius 1 is 1.36 bits per heavy atom. The van der Waals surface area contributed by atoms with Crippen LogP contribution >= 0.6 is 11.6 Å². The van der Waals surface area contributed by atoms with E-state index in [0.717, 1.165) is 21.5 Å². The summed E-state index contributed by atoms with van der Waals surface area (Å²) < 4.78 is 40.1.